The maximum absolute atomic E-state index is 11.5. The first kappa shape index (κ1) is 13.6. The molecule has 9 nitrogen and oxygen atoms in total. The van der Waals surface area contributed by atoms with Crippen LogP contribution in [0.4, 0.5) is 0 Å². The van der Waals surface area contributed by atoms with Crippen LogP contribution in [0.25, 0.3) is 0 Å². The molecule has 0 bridgehead atoms. The second kappa shape index (κ2) is 4.09. The fourth-order valence-electron chi connectivity index (χ4n) is 2.14. The van der Waals surface area contributed by atoms with Crippen molar-refractivity contribution >= 4 is 29.7 Å². The monoisotopic (exact) mass is 260 g/mol. The van der Waals surface area contributed by atoms with E-state index in [1.54, 1.807) is 0 Å². The summed E-state index contributed by atoms with van der Waals surface area (Å²) in [7, 11) is 0. The molecule has 9 heteroatoms. The van der Waals surface area contributed by atoms with E-state index < -0.39 is 53.3 Å². The Bertz CT molecular complexity index is 449. The molecule has 1 aliphatic carbocycles. The summed E-state index contributed by atoms with van der Waals surface area (Å²) in [4.78, 5) is 55.3. The SMILES string of the molecule is O=C(O)C1CC(=O)C(C(=O)O)(C(=O)O)C1C(=O)O. The van der Waals surface area contributed by atoms with Gasteiger partial charge in [-0.05, 0) is 0 Å². The van der Waals surface area contributed by atoms with Crippen molar-refractivity contribution in [2.75, 3.05) is 0 Å². The first-order valence-corrected chi connectivity index (χ1v) is 4.63. The minimum atomic E-state index is -3.24. The number of carboxylic acid groups (broad SMARTS) is 4. The Morgan fingerprint density at radius 1 is 0.944 bits per heavy atom. The van der Waals surface area contributed by atoms with Gasteiger partial charge in [0, 0.05) is 6.42 Å². The van der Waals surface area contributed by atoms with Gasteiger partial charge in [0.05, 0.1) is 5.92 Å². The zero-order chi connectivity index (χ0) is 14.2. The molecule has 4 N–H and O–H groups in total. The van der Waals surface area contributed by atoms with Gasteiger partial charge in [0.2, 0.25) is 5.41 Å². The van der Waals surface area contributed by atoms with Crippen LogP contribution in [0.1, 0.15) is 6.42 Å². The molecule has 0 aliphatic heterocycles. The Labute approximate surface area is 98.6 Å². The van der Waals surface area contributed by atoms with Crippen molar-refractivity contribution in [2.45, 2.75) is 6.42 Å². The van der Waals surface area contributed by atoms with E-state index in [4.69, 9.17) is 20.4 Å². The maximum Gasteiger partial charge on any atom is 0.329 e. The Hall–Kier alpha value is -2.45. The topological polar surface area (TPSA) is 166 Å². The molecule has 18 heavy (non-hydrogen) atoms. The molecule has 0 aromatic carbocycles. The second-order valence-corrected chi connectivity index (χ2v) is 3.81. The number of carbonyl (C=O) groups is 5. The van der Waals surface area contributed by atoms with Crippen molar-refractivity contribution < 1.29 is 44.4 Å². The lowest BCUT2D eigenvalue weighted by atomic mass is 9.74. The number of carboxylic acids is 4. The molecule has 0 radical (unpaired) electrons. The van der Waals surface area contributed by atoms with Crippen LogP contribution in [-0.4, -0.2) is 50.1 Å². The molecule has 1 aliphatic rings. The predicted octanol–water partition coefficient (Wildman–Crippen LogP) is -1.48. The minimum Gasteiger partial charge on any atom is -0.481 e. The van der Waals surface area contributed by atoms with Crippen molar-refractivity contribution in [2.24, 2.45) is 17.3 Å². The molecule has 0 aromatic heterocycles. The van der Waals surface area contributed by atoms with E-state index in [-0.39, 0.29) is 0 Å². The highest BCUT2D eigenvalue weighted by molar-refractivity contribution is 6.24. The van der Waals surface area contributed by atoms with Gasteiger partial charge in [-0.3, -0.25) is 24.0 Å². The molecule has 0 spiro atoms. The molecule has 0 saturated heterocycles. The van der Waals surface area contributed by atoms with Gasteiger partial charge in [0.25, 0.3) is 0 Å². The predicted molar refractivity (Wildman–Crippen MR) is 49.6 cm³/mol. The van der Waals surface area contributed by atoms with E-state index in [1.807, 2.05) is 0 Å². The van der Waals surface area contributed by atoms with Gasteiger partial charge in [0.1, 0.15) is 5.92 Å². The smallest absolute Gasteiger partial charge is 0.329 e. The van der Waals surface area contributed by atoms with E-state index in [2.05, 4.69) is 0 Å². The highest BCUT2D eigenvalue weighted by Crippen LogP contribution is 2.45. The minimum absolute atomic E-state index is 0.940. The van der Waals surface area contributed by atoms with Crippen molar-refractivity contribution in [3.63, 3.8) is 0 Å². The Morgan fingerprint density at radius 2 is 1.39 bits per heavy atom. The molecular formula is C9H8O9. The number of Topliss-reactive ketones (excluding diaryl/α,β-unsaturated/α-hetero) is 1. The lowest BCUT2D eigenvalue weighted by molar-refractivity contribution is -0.177. The quantitative estimate of drug-likeness (QED) is 0.440. The fraction of sp³-hybridized carbons (Fsp3) is 0.444. The normalized spacial score (nSPS) is 25.7. The average Bonchev–Trinajstić information content (AvgIpc) is 2.52. The molecule has 98 valence electrons. The van der Waals surface area contributed by atoms with Crippen LogP contribution in [0.3, 0.4) is 0 Å². The van der Waals surface area contributed by atoms with Crippen LogP contribution >= 0.6 is 0 Å². The van der Waals surface area contributed by atoms with Crippen molar-refractivity contribution in [3.05, 3.63) is 0 Å². The number of carbonyl (C=O) groups excluding carboxylic acids is 1. The summed E-state index contributed by atoms with van der Waals surface area (Å²) in [5.74, 6) is -13.6. The maximum atomic E-state index is 11.5. The number of hydrogen-bond acceptors (Lipinski definition) is 5. The van der Waals surface area contributed by atoms with Crippen LogP contribution in [-0.2, 0) is 24.0 Å². The summed E-state index contributed by atoms with van der Waals surface area (Å²) in [5.41, 5.74) is -3.24. The van der Waals surface area contributed by atoms with Crippen molar-refractivity contribution in [1.82, 2.24) is 0 Å². The van der Waals surface area contributed by atoms with Crippen LogP contribution in [0.2, 0.25) is 0 Å². The Kier molecular flexibility index (Phi) is 3.10. The highest BCUT2D eigenvalue weighted by atomic mass is 16.4. The van der Waals surface area contributed by atoms with Crippen molar-refractivity contribution in [3.8, 4) is 0 Å². The first-order valence-electron chi connectivity index (χ1n) is 4.63. The summed E-state index contributed by atoms with van der Waals surface area (Å²) in [5, 5.41) is 35.3. The summed E-state index contributed by atoms with van der Waals surface area (Å²) in [6.45, 7) is 0. The zero-order valence-electron chi connectivity index (χ0n) is 8.69. The molecule has 2 unspecified atom stereocenters. The standard InChI is InChI=1S/C9H8O9/c10-3-1-2(5(11)12)4(6(13)14)9(3,7(15)16)8(17)18/h2,4H,1H2,(H,11,12)(H,13,14)(H,15,16)(H,17,18). The molecule has 1 saturated carbocycles. The van der Waals surface area contributed by atoms with Crippen LogP contribution < -0.4 is 0 Å². The Balaban J connectivity index is 3.52. The van der Waals surface area contributed by atoms with Crippen LogP contribution in [0, 0.1) is 17.3 Å². The lowest BCUT2D eigenvalue weighted by Crippen LogP contribution is -2.51. The van der Waals surface area contributed by atoms with E-state index in [0.717, 1.165) is 0 Å². The average molecular weight is 260 g/mol. The van der Waals surface area contributed by atoms with Crippen LogP contribution in [0.5, 0.6) is 0 Å². The number of aliphatic carboxylic acids is 4. The number of hydrogen-bond donors (Lipinski definition) is 4. The number of ketones is 1. The molecule has 1 fully saturated rings. The third kappa shape index (κ3) is 1.51. The molecule has 0 amide bonds. The van der Waals surface area contributed by atoms with E-state index in [9.17, 15) is 24.0 Å². The highest BCUT2D eigenvalue weighted by Gasteiger charge is 2.70. The van der Waals surface area contributed by atoms with Gasteiger partial charge in [-0.25, -0.2) is 0 Å². The van der Waals surface area contributed by atoms with Gasteiger partial charge in [0.15, 0.2) is 5.78 Å². The lowest BCUT2D eigenvalue weighted by Gasteiger charge is -2.23. The summed E-state index contributed by atoms with van der Waals surface area (Å²) in [6.07, 6.45) is -0.940. The van der Waals surface area contributed by atoms with Gasteiger partial charge >= 0.3 is 23.9 Å². The van der Waals surface area contributed by atoms with Gasteiger partial charge in [-0.15, -0.1) is 0 Å². The first-order chi connectivity index (χ1) is 8.17. The molecule has 0 aromatic rings. The number of rotatable bonds is 4. The third-order valence-corrected chi connectivity index (χ3v) is 2.97. The Morgan fingerprint density at radius 3 is 1.67 bits per heavy atom. The summed E-state index contributed by atoms with van der Waals surface area (Å²) in [6, 6.07) is 0. The zero-order valence-corrected chi connectivity index (χ0v) is 8.69. The summed E-state index contributed by atoms with van der Waals surface area (Å²) >= 11 is 0. The molecule has 0 heterocycles. The van der Waals surface area contributed by atoms with E-state index in [1.165, 1.54) is 0 Å². The van der Waals surface area contributed by atoms with Gasteiger partial charge < -0.3 is 20.4 Å². The van der Waals surface area contributed by atoms with Gasteiger partial charge in [-0.2, -0.15) is 0 Å². The summed E-state index contributed by atoms with van der Waals surface area (Å²) < 4.78 is 0. The largest absolute Gasteiger partial charge is 0.481 e. The molecular weight excluding hydrogens is 252 g/mol. The fourth-order valence-corrected chi connectivity index (χ4v) is 2.14. The van der Waals surface area contributed by atoms with Crippen LogP contribution in [0.15, 0.2) is 0 Å². The van der Waals surface area contributed by atoms with Gasteiger partial charge in [-0.1, -0.05) is 0 Å². The molecule has 2 atom stereocenters. The second-order valence-electron chi connectivity index (χ2n) is 3.81. The van der Waals surface area contributed by atoms with E-state index >= 15 is 0 Å². The molecule has 1 rings (SSSR count). The third-order valence-electron chi connectivity index (χ3n) is 2.97. The van der Waals surface area contributed by atoms with Crippen molar-refractivity contribution in [1.29, 1.82) is 0 Å². The van der Waals surface area contributed by atoms with E-state index in [0.29, 0.717) is 0 Å².